The van der Waals surface area contributed by atoms with E-state index in [1.54, 1.807) is 18.9 Å². The Morgan fingerprint density at radius 2 is 2.08 bits per heavy atom. The van der Waals surface area contributed by atoms with Crippen LogP contribution in [-0.4, -0.2) is 23.0 Å². The van der Waals surface area contributed by atoms with Crippen molar-refractivity contribution in [3.8, 4) is 0 Å². The van der Waals surface area contributed by atoms with Crippen LogP contribution in [0.3, 0.4) is 0 Å². The Kier molecular flexibility index (Phi) is 2.14. The average molecular weight is 180 g/mol. The zero-order valence-electron chi connectivity index (χ0n) is 7.72. The number of nitrogens with zero attached hydrogens (tertiary/aromatic N) is 1. The molecule has 0 aromatic carbocycles. The molecule has 1 heterocycles. The van der Waals surface area contributed by atoms with Crippen LogP contribution in [0.2, 0.25) is 0 Å². The minimum absolute atomic E-state index is 0.204. The van der Waals surface area contributed by atoms with Crippen molar-refractivity contribution in [2.45, 2.75) is 6.92 Å². The summed E-state index contributed by atoms with van der Waals surface area (Å²) in [6.07, 6.45) is 0. The number of hydrogen-bond acceptors (Lipinski definition) is 3. The Hall–Kier alpha value is -1.71. The lowest BCUT2D eigenvalue weighted by molar-refractivity contribution is -0.132. The van der Waals surface area contributed by atoms with E-state index in [0.717, 1.165) is 0 Å². The predicted octanol–water partition coefficient (Wildman–Crippen LogP) is 0.865. The maximum Gasteiger partial charge on any atom is 0.339 e. The number of carboxylic acids is 1. The lowest BCUT2D eigenvalue weighted by atomic mass is 10.1. The Morgan fingerprint density at radius 1 is 1.54 bits per heavy atom. The van der Waals surface area contributed by atoms with Gasteiger partial charge in [0.1, 0.15) is 11.4 Å². The van der Waals surface area contributed by atoms with Crippen LogP contribution in [0.1, 0.15) is 6.92 Å². The standard InChI is InChI=1S/C9H12N2O2/c1-5-8(9(12)13)6(2)11(4)7(3)10-5/h10H,1,3H2,2,4H3,(H,12,13). The van der Waals surface area contributed by atoms with Crippen LogP contribution in [-0.2, 0) is 4.79 Å². The highest BCUT2D eigenvalue weighted by Crippen LogP contribution is 2.22. The number of hydrogen-bond donors (Lipinski definition) is 2. The minimum atomic E-state index is -0.977. The van der Waals surface area contributed by atoms with Crippen molar-refractivity contribution in [1.82, 2.24) is 10.2 Å². The fourth-order valence-corrected chi connectivity index (χ4v) is 1.19. The molecule has 4 nitrogen and oxygen atoms in total. The summed E-state index contributed by atoms with van der Waals surface area (Å²) in [4.78, 5) is 12.5. The van der Waals surface area contributed by atoms with Gasteiger partial charge in [0.15, 0.2) is 0 Å². The van der Waals surface area contributed by atoms with E-state index < -0.39 is 5.97 Å². The summed E-state index contributed by atoms with van der Waals surface area (Å²) in [5.41, 5.74) is 1.23. The van der Waals surface area contributed by atoms with Gasteiger partial charge in [-0.15, -0.1) is 0 Å². The monoisotopic (exact) mass is 180 g/mol. The van der Waals surface area contributed by atoms with Gasteiger partial charge in [-0.05, 0) is 6.92 Å². The molecule has 0 unspecified atom stereocenters. The molecular formula is C9H12N2O2. The first-order valence-electron chi connectivity index (χ1n) is 3.78. The lowest BCUT2D eigenvalue weighted by Crippen LogP contribution is -2.34. The summed E-state index contributed by atoms with van der Waals surface area (Å²) in [6, 6.07) is 0. The van der Waals surface area contributed by atoms with Gasteiger partial charge in [0.05, 0.1) is 0 Å². The van der Waals surface area contributed by atoms with Crippen molar-refractivity contribution in [1.29, 1.82) is 0 Å². The first kappa shape index (κ1) is 9.38. The molecule has 0 fully saturated rings. The van der Waals surface area contributed by atoms with E-state index in [4.69, 9.17) is 5.11 Å². The van der Waals surface area contributed by atoms with Crippen molar-refractivity contribution < 1.29 is 9.90 Å². The van der Waals surface area contributed by atoms with Crippen molar-refractivity contribution in [2.24, 2.45) is 0 Å². The van der Waals surface area contributed by atoms with Gasteiger partial charge >= 0.3 is 5.97 Å². The molecule has 0 atom stereocenters. The Bertz CT molecular complexity index is 329. The van der Waals surface area contributed by atoms with Gasteiger partial charge in [-0.25, -0.2) is 4.79 Å². The predicted molar refractivity (Wildman–Crippen MR) is 49.5 cm³/mol. The van der Waals surface area contributed by atoms with Gasteiger partial charge in [-0.3, -0.25) is 0 Å². The molecule has 1 rings (SSSR count). The van der Waals surface area contributed by atoms with E-state index in [-0.39, 0.29) is 5.57 Å². The summed E-state index contributed by atoms with van der Waals surface area (Å²) in [7, 11) is 1.75. The molecule has 0 saturated heterocycles. The molecule has 13 heavy (non-hydrogen) atoms. The van der Waals surface area contributed by atoms with E-state index in [9.17, 15) is 4.79 Å². The van der Waals surface area contributed by atoms with Crippen LogP contribution in [0, 0.1) is 0 Å². The molecule has 0 aromatic heterocycles. The van der Waals surface area contributed by atoms with Gasteiger partial charge in [0, 0.05) is 18.4 Å². The Balaban J connectivity index is 3.22. The molecule has 0 saturated carbocycles. The second kappa shape index (κ2) is 2.97. The van der Waals surface area contributed by atoms with Crippen molar-refractivity contribution in [3.63, 3.8) is 0 Å². The third-order valence-electron chi connectivity index (χ3n) is 2.08. The van der Waals surface area contributed by atoms with E-state index in [2.05, 4.69) is 18.5 Å². The van der Waals surface area contributed by atoms with Crippen molar-refractivity contribution in [3.05, 3.63) is 35.9 Å². The fraction of sp³-hybridized carbons (Fsp3) is 0.222. The molecule has 0 spiro atoms. The highest BCUT2D eigenvalue weighted by Gasteiger charge is 2.23. The summed E-state index contributed by atoms with van der Waals surface area (Å²) in [5, 5.41) is 11.7. The van der Waals surface area contributed by atoms with Crippen LogP contribution < -0.4 is 5.32 Å². The molecule has 4 heteroatoms. The molecule has 70 valence electrons. The average Bonchev–Trinajstić information content (AvgIpc) is 1.99. The van der Waals surface area contributed by atoms with Crippen LogP contribution in [0.25, 0.3) is 0 Å². The second-order valence-electron chi connectivity index (χ2n) is 2.87. The summed E-state index contributed by atoms with van der Waals surface area (Å²) < 4.78 is 0. The van der Waals surface area contributed by atoms with Gasteiger partial charge in [0.2, 0.25) is 0 Å². The first-order chi connectivity index (χ1) is 5.95. The SMILES string of the molecule is C=C1NC(=C)N(C)C(C)=C1C(=O)O. The van der Waals surface area contributed by atoms with Gasteiger partial charge in [-0.1, -0.05) is 13.2 Å². The topological polar surface area (TPSA) is 52.6 Å². The summed E-state index contributed by atoms with van der Waals surface area (Å²) >= 11 is 0. The zero-order chi connectivity index (χ0) is 10.2. The number of rotatable bonds is 1. The van der Waals surface area contributed by atoms with Gasteiger partial charge < -0.3 is 15.3 Å². The van der Waals surface area contributed by atoms with Gasteiger partial charge in [-0.2, -0.15) is 0 Å². The van der Waals surface area contributed by atoms with E-state index in [0.29, 0.717) is 17.2 Å². The molecule has 0 amide bonds. The minimum Gasteiger partial charge on any atom is -0.478 e. The normalized spacial score (nSPS) is 17.5. The number of aliphatic carboxylic acids is 1. The second-order valence-corrected chi connectivity index (χ2v) is 2.87. The molecule has 0 bridgehead atoms. The number of carbonyl (C=O) groups is 1. The Morgan fingerprint density at radius 3 is 2.54 bits per heavy atom. The Labute approximate surface area is 76.8 Å². The first-order valence-corrected chi connectivity index (χ1v) is 3.78. The molecule has 2 N–H and O–H groups in total. The smallest absolute Gasteiger partial charge is 0.339 e. The van der Waals surface area contributed by atoms with Crippen LogP contribution >= 0.6 is 0 Å². The highest BCUT2D eigenvalue weighted by molar-refractivity contribution is 5.92. The summed E-state index contributed by atoms with van der Waals surface area (Å²) in [6.45, 7) is 9.05. The molecule has 1 aliphatic heterocycles. The van der Waals surface area contributed by atoms with Crippen LogP contribution in [0.15, 0.2) is 35.9 Å². The van der Waals surface area contributed by atoms with E-state index >= 15 is 0 Å². The molecule has 0 radical (unpaired) electrons. The lowest BCUT2D eigenvalue weighted by Gasteiger charge is -2.31. The maximum atomic E-state index is 10.8. The largest absolute Gasteiger partial charge is 0.478 e. The quantitative estimate of drug-likeness (QED) is 0.628. The number of allylic oxidation sites excluding steroid dienone is 1. The van der Waals surface area contributed by atoms with E-state index in [1.165, 1.54) is 0 Å². The molecule has 0 aliphatic carbocycles. The summed E-state index contributed by atoms with van der Waals surface area (Å²) in [5.74, 6) is -0.346. The molecule has 0 aromatic rings. The van der Waals surface area contributed by atoms with Gasteiger partial charge in [0.25, 0.3) is 0 Å². The zero-order valence-corrected chi connectivity index (χ0v) is 7.72. The highest BCUT2D eigenvalue weighted by atomic mass is 16.4. The van der Waals surface area contributed by atoms with Crippen molar-refractivity contribution >= 4 is 5.97 Å². The molecule has 1 aliphatic rings. The van der Waals surface area contributed by atoms with Crippen LogP contribution in [0.4, 0.5) is 0 Å². The van der Waals surface area contributed by atoms with Crippen LogP contribution in [0.5, 0.6) is 0 Å². The number of nitrogens with one attached hydrogen (secondary N) is 1. The third kappa shape index (κ3) is 1.42. The fourth-order valence-electron chi connectivity index (χ4n) is 1.19. The van der Waals surface area contributed by atoms with Crippen molar-refractivity contribution in [2.75, 3.05) is 7.05 Å². The van der Waals surface area contributed by atoms with E-state index in [1.807, 2.05) is 0 Å². The maximum absolute atomic E-state index is 10.8. The molecular weight excluding hydrogens is 168 g/mol. The number of carboxylic acid groups (broad SMARTS) is 1. The third-order valence-corrected chi connectivity index (χ3v) is 2.08.